The second-order valence-electron chi connectivity index (χ2n) is 4.78. The molecule has 0 aliphatic rings. The number of nitrogens with zero attached hydrogens (tertiary/aromatic N) is 1. The van der Waals surface area contributed by atoms with Crippen molar-refractivity contribution in [2.45, 2.75) is 32.9 Å². The third-order valence-corrected chi connectivity index (χ3v) is 2.36. The van der Waals surface area contributed by atoms with Crippen LogP contribution < -0.4 is 5.73 Å². The first kappa shape index (κ1) is 12.4. The van der Waals surface area contributed by atoms with Gasteiger partial charge < -0.3 is 10.8 Å². The van der Waals surface area contributed by atoms with Gasteiger partial charge in [-0.15, -0.1) is 0 Å². The topological polar surface area (TPSA) is 66.6 Å². The summed E-state index contributed by atoms with van der Waals surface area (Å²) in [4.78, 5) is 12.5. The zero-order valence-corrected chi connectivity index (χ0v) is 9.90. The number of nitrogen functional groups attached to an aromatic ring is 1. The minimum absolute atomic E-state index is 0.374. The van der Waals surface area contributed by atoms with Crippen LogP contribution in [0.3, 0.4) is 0 Å². The number of benzene rings is 1. The van der Waals surface area contributed by atoms with E-state index in [1.165, 1.54) is 4.90 Å². The maximum absolute atomic E-state index is 11.1. The van der Waals surface area contributed by atoms with Crippen molar-refractivity contribution >= 4 is 11.8 Å². The minimum Gasteiger partial charge on any atom is -0.465 e. The number of rotatable bonds is 2. The third-order valence-electron chi connectivity index (χ3n) is 2.36. The summed E-state index contributed by atoms with van der Waals surface area (Å²) in [6.45, 7) is 5.99. The molecule has 0 spiro atoms. The van der Waals surface area contributed by atoms with Gasteiger partial charge in [-0.2, -0.15) is 0 Å². The van der Waals surface area contributed by atoms with Gasteiger partial charge in [-0.1, -0.05) is 12.1 Å². The molecule has 0 saturated heterocycles. The van der Waals surface area contributed by atoms with Crippen LogP contribution in [0.15, 0.2) is 24.3 Å². The van der Waals surface area contributed by atoms with E-state index in [0.29, 0.717) is 12.2 Å². The number of amides is 1. The maximum atomic E-state index is 11.1. The second kappa shape index (κ2) is 4.43. The van der Waals surface area contributed by atoms with E-state index in [-0.39, 0.29) is 0 Å². The molecule has 4 heteroatoms. The predicted molar refractivity (Wildman–Crippen MR) is 64.2 cm³/mol. The van der Waals surface area contributed by atoms with Crippen LogP contribution >= 0.6 is 0 Å². The lowest BCUT2D eigenvalue weighted by Crippen LogP contribution is -2.44. The monoisotopic (exact) mass is 222 g/mol. The van der Waals surface area contributed by atoms with Crippen molar-refractivity contribution in [2.24, 2.45) is 0 Å². The van der Waals surface area contributed by atoms with E-state index in [4.69, 9.17) is 10.8 Å². The van der Waals surface area contributed by atoms with Crippen LogP contribution in [-0.4, -0.2) is 21.6 Å². The van der Waals surface area contributed by atoms with Crippen molar-refractivity contribution in [3.8, 4) is 0 Å². The summed E-state index contributed by atoms with van der Waals surface area (Å²) in [7, 11) is 0. The van der Waals surface area contributed by atoms with Crippen LogP contribution in [0.5, 0.6) is 0 Å². The van der Waals surface area contributed by atoms with E-state index >= 15 is 0 Å². The van der Waals surface area contributed by atoms with Gasteiger partial charge in [0.2, 0.25) is 0 Å². The Morgan fingerprint density at radius 3 is 2.19 bits per heavy atom. The fourth-order valence-electron chi connectivity index (χ4n) is 1.40. The highest BCUT2D eigenvalue weighted by atomic mass is 16.4. The molecule has 0 aromatic heterocycles. The normalized spacial score (nSPS) is 11.2. The fraction of sp³-hybridized carbons (Fsp3) is 0.417. The lowest BCUT2D eigenvalue weighted by molar-refractivity contribution is 0.0956. The predicted octanol–water partition coefficient (Wildman–Crippen LogP) is 2.55. The van der Waals surface area contributed by atoms with Crippen molar-refractivity contribution in [3.05, 3.63) is 29.8 Å². The van der Waals surface area contributed by atoms with Gasteiger partial charge in [0.15, 0.2) is 0 Å². The SMILES string of the molecule is CC(C)(C)N(Cc1ccc(N)cc1)C(=O)O. The molecule has 1 aromatic carbocycles. The summed E-state index contributed by atoms with van der Waals surface area (Å²) in [5, 5.41) is 9.13. The summed E-state index contributed by atoms with van der Waals surface area (Å²) < 4.78 is 0. The standard InChI is InChI=1S/C12H18N2O2/c1-12(2,3)14(11(15)16)8-9-4-6-10(13)7-5-9/h4-7H,8,13H2,1-3H3,(H,15,16). The number of nitrogens with two attached hydrogens (primary N) is 1. The highest BCUT2D eigenvalue weighted by Crippen LogP contribution is 2.18. The maximum Gasteiger partial charge on any atom is 0.408 e. The summed E-state index contributed by atoms with van der Waals surface area (Å²) in [5.41, 5.74) is 6.78. The molecule has 0 bridgehead atoms. The molecule has 0 heterocycles. The number of carbonyl (C=O) groups is 1. The molecule has 3 N–H and O–H groups in total. The summed E-state index contributed by atoms with van der Waals surface area (Å²) in [5.74, 6) is 0. The Morgan fingerprint density at radius 1 is 1.31 bits per heavy atom. The Kier molecular flexibility index (Phi) is 3.42. The van der Waals surface area contributed by atoms with Gasteiger partial charge in [0, 0.05) is 17.8 Å². The molecule has 0 saturated carbocycles. The number of carboxylic acid groups (broad SMARTS) is 1. The van der Waals surface area contributed by atoms with Crippen molar-refractivity contribution in [1.82, 2.24) is 4.90 Å². The van der Waals surface area contributed by atoms with Gasteiger partial charge in [-0.3, -0.25) is 4.90 Å². The minimum atomic E-state index is -0.913. The Hall–Kier alpha value is -1.71. The van der Waals surface area contributed by atoms with Gasteiger partial charge in [0.1, 0.15) is 0 Å². The van der Waals surface area contributed by atoms with E-state index in [9.17, 15) is 4.79 Å². The zero-order valence-electron chi connectivity index (χ0n) is 9.90. The smallest absolute Gasteiger partial charge is 0.408 e. The van der Waals surface area contributed by atoms with E-state index < -0.39 is 11.6 Å². The molecule has 4 nitrogen and oxygen atoms in total. The average molecular weight is 222 g/mol. The number of anilines is 1. The van der Waals surface area contributed by atoms with Crippen molar-refractivity contribution in [2.75, 3.05) is 5.73 Å². The molecule has 1 amide bonds. The third kappa shape index (κ3) is 3.15. The molecule has 0 fully saturated rings. The summed E-state index contributed by atoms with van der Waals surface area (Å²) in [6.07, 6.45) is -0.913. The van der Waals surface area contributed by atoms with Crippen LogP contribution in [0.2, 0.25) is 0 Å². The quantitative estimate of drug-likeness (QED) is 0.756. The van der Waals surface area contributed by atoms with E-state index in [1.54, 1.807) is 12.1 Å². The highest BCUT2D eigenvalue weighted by molar-refractivity contribution is 5.66. The molecule has 0 aliphatic heterocycles. The molecule has 0 unspecified atom stereocenters. The second-order valence-corrected chi connectivity index (χ2v) is 4.78. The van der Waals surface area contributed by atoms with Crippen LogP contribution in [0, 0.1) is 0 Å². The van der Waals surface area contributed by atoms with E-state index in [2.05, 4.69) is 0 Å². The number of hydrogen-bond donors (Lipinski definition) is 2. The lowest BCUT2D eigenvalue weighted by atomic mass is 10.1. The summed E-state index contributed by atoms with van der Waals surface area (Å²) >= 11 is 0. The molecule has 88 valence electrons. The van der Waals surface area contributed by atoms with Crippen LogP contribution in [0.4, 0.5) is 10.5 Å². The molecular weight excluding hydrogens is 204 g/mol. The summed E-state index contributed by atoms with van der Waals surface area (Å²) in [6, 6.07) is 7.24. The molecular formula is C12H18N2O2. The fourth-order valence-corrected chi connectivity index (χ4v) is 1.40. The molecule has 1 rings (SSSR count). The van der Waals surface area contributed by atoms with Gasteiger partial charge >= 0.3 is 6.09 Å². The van der Waals surface area contributed by atoms with Gasteiger partial charge in [0.25, 0.3) is 0 Å². The van der Waals surface area contributed by atoms with Crippen LogP contribution in [-0.2, 0) is 6.54 Å². The van der Waals surface area contributed by atoms with E-state index in [1.807, 2.05) is 32.9 Å². The van der Waals surface area contributed by atoms with Crippen molar-refractivity contribution in [1.29, 1.82) is 0 Å². The first-order valence-electron chi connectivity index (χ1n) is 5.15. The van der Waals surface area contributed by atoms with Crippen molar-refractivity contribution in [3.63, 3.8) is 0 Å². The first-order chi connectivity index (χ1) is 7.30. The zero-order chi connectivity index (χ0) is 12.3. The Bertz CT molecular complexity index is 366. The Labute approximate surface area is 95.7 Å². The van der Waals surface area contributed by atoms with Gasteiger partial charge in [0.05, 0.1) is 0 Å². The number of hydrogen-bond acceptors (Lipinski definition) is 2. The van der Waals surface area contributed by atoms with Crippen LogP contribution in [0.1, 0.15) is 26.3 Å². The molecule has 1 aromatic rings. The Balaban J connectivity index is 2.84. The van der Waals surface area contributed by atoms with Gasteiger partial charge in [-0.05, 0) is 38.5 Å². The van der Waals surface area contributed by atoms with Crippen LogP contribution in [0.25, 0.3) is 0 Å². The van der Waals surface area contributed by atoms with Gasteiger partial charge in [-0.25, -0.2) is 4.79 Å². The Morgan fingerprint density at radius 2 is 1.81 bits per heavy atom. The largest absolute Gasteiger partial charge is 0.465 e. The first-order valence-corrected chi connectivity index (χ1v) is 5.15. The van der Waals surface area contributed by atoms with E-state index in [0.717, 1.165) is 5.56 Å². The average Bonchev–Trinajstić information content (AvgIpc) is 2.14. The molecule has 16 heavy (non-hydrogen) atoms. The molecule has 0 radical (unpaired) electrons. The van der Waals surface area contributed by atoms with Crippen molar-refractivity contribution < 1.29 is 9.90 Å². The lowest BCUT2D eigenvalue weighted by Gasteiger charge is -2.33. The highest BCUT2D eigenvalue weighted by Gasteiger charge is 2.25. The molecule has 0 atom stereocenters. The molecule has 0 aliphatic carbocycles.